The molecule has 1 aliphatic heterocycles. The molecule has 0 spiro atoms. The summed E-state index contributed by atoms with van der Waals surface area (Å²) in [6, 6.07) is 1.84. The largest absolute Gasteiger partial charge is 0.417 e. The highest BCUT2D eigenvalue weighted by Crippen LogP contribution is 2.35. The van der Waals surface area contributed by atoms with E-state index in [-0.39, 0.29) is 12.1 Å². The van der Waals surface area contributed by atoms with Crippen LogP contribution in [0.15, 0.2) is 18.2 Å². The maximum atomic E-state index is 12.9. The van der Waals surface area contributed by atoms with E-state index in [1.54, 1.807) is 0 Å². The van der Waals surface area contributed by atoms with Crippen molar-refractivity contribution in [3.8, 4) is 6.07 Å². The number of amides is 3. The molecule has 1 fully saturated rings. The van der Waals surface area contributed by atoms with Crippen LogP contribution in [0.25, 0.3) is 0 Å². The highest BCUT2D eigenvalue weighted by atomic mass is 19.4. The summed E-state index contributed by atoms with van der Waals surface area (Å²) in [6.45, 7) is -0.855. The molecule has 0 saturated carbocycles. The topological polar surface area (TPSA) is 73.2 Å². The fourth-order valence-electron chi connectivity index (χ4n) is 2.08. The summed E-state index contributed by atoms with van der Waals surface area (Å²) >= 11 is 0. The van der Waals surface area contributed by atoms with Gasteiger partial charge in [-0.2, -0.15) is 18.4 Å². The number of halogens is 4. The van der Waals surface area contributed by atoms with Crippen LogP contribution in [0.4, 0.5) is 28.0 Å². The number of carbonyl (C=O) groups is 2. The van der Waals surface area contributed by atoms with Gasteiger partial charge in [-0.3, -0.25) is 9.18 Å². The summed E-state index contributed by atoms with van der Waals surface area (Å²) in [7, 11) is 0. The molecule has 0 aromatic heterocycles. The van der Waals surface area contributed by atoms with Gasteiger partial charge in [-0.25, -0.2) is 9.69 Å². The first-order valence-corrected chi connectivity index (χ1v) is 6.11. The van der Waals surface area contributed by atoms with Gasteiger partial charge in [0, 0.05) is 6.42 Å². The van der Waals surface area contributed by atoms with Gasteiger partial charge in [-0.15, -0.1) is 0 Å². The van der Waals surface area contributed by atoms with Gasteiger partial charge in [-0.05, 0) is 18.2 Å². The molecule has 1 saturated heterocycles. The first kappa shape index (κ1) is 15.8. The molecular formula is C13H9F4N3O2. The number of nitrogens with zero attached hydrogens (tertiary/aromatic N) is 2. The Balaban J connectivity index is 2.44. The Morgan fingerprint density at radius 1 is 1.32 bits per heavy atom. The second-order valence-electron chi connectivity index (χ2n) is 4.49. The molecule has 1 aromatic rings. The normalized spacial score (nSPS) is 18.3. The Labute approximate surface area is 122 Å². The van der Waals surface area contributed by atoms with Crippen LogP contribution >= 0.6 is 0 Å². The van der Waals surface area contributed by atoms with E-state index >= 15 is 0 Å². The van der Waals surface area contributed by atoms with E-state index in [2.05, 4.69) is 5.32 Å². The Morgan fingerprint density at radius 2 is 2.00 bits per heavy atom. The van der Waals surface area contributed by atoms with E-state index in [1.165, 1.54) is 6.07 Å². The number of rotatable bonds is 3. The molecule has 116 valence electrons. The van der Waals surface area contributed by atoms with Crippen LogP contribution in [0.5, 0.6) is 0 Å². The van der Waals surface area contributed by atoms with Crippen molar-refractivity contribution in [3.05, 3.63) is 29.3 Å². The van der Waals surface area contributed by atoms with E-state index in [4.69, 9.17) is 5.26 Å². The van der Waals surface area contributed by atoms with Crippen LogP contribution < -0.4 is 10.2 Å². The van der Waals surface area contributed by atoms with Crippen molar-refractivity contribution in [2.45, 2.75) is 18.6 Å². The maximum absolute atomic E-state index is 12.9. The summed E-state index contributed by atoms with van der Waals surface area (Å²) in [6.07, 6.45) is -5.07. The summed E-state index contributed by atoms with van der Waals surface area (Å²) in [4.78, 5) is 24.2. The molecule has 0 radical (unpaired) electrons. The van der Waals surface area contributed by atoms with Crippen molar-refractivity contribution in [2.75, 3.05) is 11.6 Å². The molecule has 2 rings (SSSR count). The van der Waals surface area contributed by atoms with E-state index < -0.39 is 42.0 Å². The monoisotopic (exact) mass is 315 g/mol. The molecule has 1 aliphatic rings. The van der Waals surface area contributed by atoms with E-state index in [0.29, 0.717) is 11.0 Å². The lowest BCUT2D eigenvalue weighted by atomic mass is 10.1. The second-order valence-corrected chi connectivity index (χ2v) is 4.49. The number of carbonyl (C=O) groups excluding carboxylic acids is 2. The molecule has 9 heteroatoms. The predicted molar refractivity (Wildman–Crippen MR) is 66.6 cm³/mol. The third-order valence-corrected chi connectivity index (χ3v) is 3.10. The maximum Gasteiger partial charge on any atom is 0.417 e. The van der Waals surface area contributed by atoms with Crippen molar-refractivity contribution >= 4 is 17.6 Å². The van der Waals surface area contributed by atoms with Gasteiger partial charge in [0.15, 0.2) is 0 Å². The zero-order chi connectivity index (χ0) is 16.5. The summed E-state index contributed by atoms with van der Waals surface area (Å²) < 4.78 is 51.0. The predicted octanol–water partition coefficient (Wildman–Crippen LogP) is 2.36. The molecule has 0 aliphatic carbocycles. The number of hydrogen-bond acceptors (Lipinski definition) is 3. The zero-order valence-corrected chi connectivity index (χ0v) is 10.9. The minimum atomic E-state index is -4.81. The number of urea groups is 1. The fraction of sp³-hybridized carbons (Fsp3) is 0.308. The van der Waals surface area contributed by atoms with Gasteiger partial charge in [-0.1, -0.05) is 0 Å². The number of nitrogens with one attached hydrogen (secondary N) is 1. The standard InChI is InChI=1S/C13H9F4N3O2/c14-4-3-10-11(21)20(12(22)19-10)8-2-1-7(6-18)9(5-8)13(15,16)17/h1-2,5,10H,3-4H2,(H,19,22). The quantitative estimate of drug-likeness (QED) is 0.687. The first-order valence-electron chi connectivity index (χ1n) is 6.11. The van der Waals surface area contributed by atoms with Gasteiger partial charge in [0.25, 0.3) is 5.91 Å². The average molecular weight is 315 g/mol. The van der Waals surface area contributed by atoms with Crippen molar-refractivity contribution < 1.29 is 27.2 Å². The van der Waals surface area contributed by atoms with Crippen LogP contribution in [0.3, 0.4) is 0 Å². The lowest BCUT2D eigenvalue weighted by Crippen LogP contribution is -2.31. The van der Waals surface area contributed by atoms with Crippen LogP contribution in [-0.2, 0) is 11.0 Å². The lowest BCUT2D eigenvalue weighted by Gasteiger charge is -2.16. The number of anilines is 1. The number of alkyl halides is 4. The molecule has 1 aromatic carbocycles. The number of benzene rings is 1. The van der Waals surface area contributed by atoms with Crippen molar-refractivity contribution in [1.29, 1.82) is 5.26 Å². The Morgan fingerprint density at radius 3 is 2.55 bits per heavy atom. The minimum Gasteiger partial charge on any atom is -0.325 e. The van der Waals surface area contributed by atoms with Gasteiger partial charge in [0.05, 0.1) is 29.6 Å². The highest BCUT2D eigenvalue weighted by molar-refractivity contribution is 6.21. The Bertz CT molecular complexity index is 666. The first-order chi connectivity index (χ1) is 10.3. The SMILES string of the molecule is N#Cc1ccc(N2C(=O)NC(CCF)C2=O)cc1C(F)(F)F. The van der Waals surface area contributed by atoms with E-state index in [9.17, 15) is 27.2 Å². The third kappa shape index (κ3) is 2.72. The van der Waals surface area contributed by atoms with Gasteiger partial charge in [0.2, 0.25) is 0 Å². The van der Waals surface area contributed by atoms with Crippen LogP contribution in [0, 0.1) is 11.3 Å². The number of hydrogen-bond donors (Lipinski definition) is 1. The fourth-order valence-corrected chi connectivity index (χ4v) is 2.08. The lowest BCUT2D eigenvalue weighted by molar-refractivity contribution is -0.137. The molecule has 0 bridgehead atoms. The van der Waals surface area contributed by atoms with Crippen LogP contribution in [-0.4, -0.2) is 24.7 Å². The van der Waals surface area contributed by atoms with E-state index in [1.807, 2.05) is 0 Å². The van der Waals surface area contributed by atoms with Crippen molar-refractivity contribution in [2.24, 2.45) is 0 Å². The number of nitriles is 1. The van der Waals surface area contributed by atoms with Gasteiger partial charge in [0.1, 0.15) is 6.04 Å². The van der Waals surface area contributed by atoms with Gasteiger partial charge < -0.3 is 5.32 Å². The van der Waals surface area contributed by atoms with Gasteiger partial charge >= 0.3 is 12.2 Å². The Kier molecular flexibility index (Phi) is 4.03. The van der Waals surface area contributed by atoms with Crippen molar-refractivity contribution in [1.82, 2.24) is 5.32 Å². The average Bonchev–Trinajstić information content (AvgIpc) is 2.72. The summed E-state index contributed by atoms with van der Waals surface area (Å²) in [5.41, 5.74) is -2.19. The van der Waals surface area contributed by atoms with Crippen LogP contribution in [0.1, 0.15) is 17.5 Å². The van der Waals surface area contributed by atoms with Crippen LogP contribution in [0.2, 0.25) is 0 Å². The smallest absolute Gasteiger partial charge is 0.325 e. The summed E-state index contributed by atoms with van der Waals surface area (Å²) in [5, 5.41) is 10.9. The minimum absolute atomic E-state index is 0.260. The molecule has 1 heterocycles. The molecule has 5 nitrogen and oxygen atoms in total. The highest BCUT2D eigenvalue weighted by Gasteiger charge is 2.40. The third-order valence-electron chi connectivity index (χ3n) is 3.10. The number of imide groups is 1. The zero-order valence-electron chi connectivity index (χ0n) is 10.9. The Hall–Kier alpha value is -2.63. The molecule has 1 atom stereocenters. The summed E-state index contributed by atoms with van der Waals surface area (Å²) in [5.74, 6) is -0.833. The second kappa shape index (κ2) is 5.63. The molecule has 1 N–H and O–H groups in total. The van der Waals surface area contributed by atoms with Crippen molar-refractivity contribution in [3.63, 3.8) is 0 Å². The molecular weight excluding hydrogens is 306 g/mol. The van der Waals surface area contributed by atoms with E-state index in [0.717, 1.165) is 12.1 Å². The molecule has 22 heavy (non-hydrogen) atoms. The molecule has 1 unspecified atom stereocenters. The molecule has 3 amide bonds.